The summed E-state index contributed by atoms with van der Waals surface area (Å²) in [4.78, 5) is 92.1. The van der Waals surface area contributed by atoms with E-state index in [9.17, 15) is 33.6 Å². The van der Waals surface area contributed by atoms with Crippen molar-refractivity contribution in [2.75, 3.05) is 29.5 Å². The number of nitrogens with one attached hydrogen (secondary N) is 6. The number of rotatable bonds is 16. The summed E-state index contributed by atoms with van der Waals surface area (Å²) in [7, 11) is 0. The molecule has 72 heavy (non-hydrogen) atoms. The van der Waals surface area contributed by atoms with Crippen molar-refractivity contribution in [3.8, 4) is 0 Å². The second-order valence-electron chi connectivity index (χ2n) is 22.1. The lowest BCUT2D eigenvalue weighted by Gasteiger charge is -2.56. The average Bonchev–Trinajstić information content (AvgIpc) is 3.33. The summed E-state index contributed by atoms with van der Waals surface area (Å²) in [5.74, 6) is -1.88. The number of benzene rings is 3. The van der Waals surface area contributed by atoms with E-state index >= 15 is 0 Å². The molecule has 0 saturated heterocycles. The summed E-state index contributed by atoms with van der Waals surface area (Å²) < 4.78 is 5.37. The standard InChI is InChI=1S/C55H75N9O8/c1-32(2)45(57)47(67)63-41(10-7-27-59-50(58)70)46(66)62-37-18-11-33(12-19-37)31-72-51(71)60-30-44(65)61-38-20-14-35-16-22-43-53(4,40(35)29-38)24-9-26-55(43,6)49(69)64-48(68)54(5)25-8-23-52(3)39-28-36(56)17-13-34(39)15-21-42(52)54/h11-14,17-20,28-29,32,41-43,45H,7-10,15-16,21-27,30-31,56-57H2,1-6H3,(H,60,71)(H,61,65)(H,62,66)(H,63,67)(H3,58,59,70)(H,64,68,69)/t41-,42+,43+,45-,52+,53+,54-,55-/m0/s1. The molecule has 0 aliphatic heterocycles. The second kappa shape index (κ2) is 21.7. The number of nitrogen functional groups attached to an aromatic ring is 1. The maximum absolute atomic E-state index is 14.7. The number of hydrogen-bond donors (Lipinski definition) is 9. The molecule has 4 aliphatic carbocycles. The van der Waals surface area contributed by atoms with Crippen LogP contribution in [0, 0.1) is 28.6 Å². The first-order chi connectivity index (χ1) is 34.1. The van der Waals surface area contributed by atoms with Crippen molar-refractivity contribution in [2.24, 2.45) is 40.1 Å². The topological polar surface area (TPSA) is 279 Å². The highest BCUT2D eigenvalue weighted by atomic mass is 16.5. The van der Waals surface area contributed by atoms with Gasteiger partial charge in [0.1, 0.15) is 19.2 Å². The number of carbonyl (C=O) groups excluding carboxylic acids is 7. The number of ether oxygens (including phenoxy) is 1. The van der Waals surface area contributed by atoms with Crippen LogP contribution < -0.4 is 49.1 Å². The van der Waals surface area contributed by atoms with Gasteiger partial charge in [-0.05, 0) is 157 Å². The van der Waals surface area contributed by atoms with Gasteiger partial charge in [-0.3, -0.25) is 29.3 Å². The normalized spacial score (nSPS) is 25.9. The Bertz CT molecular complexity index is 2570. The molecular formula is C55H75N9O8. The van der Waals surface area contributed by atoms with Gasteiger partial charge in [-0.15, -0.1) is 0 Å². The van der Waals surface area contributed by atoms with Crippen LogP contribution in [0.25, 0.3) is 0 Å². The fourth-order valence-electron chi connectivity index (χ4n) is 12.8. The molecule has 0 unspecified atom stereocenters. The molecule has 2 saturated carbocycles. The van der Waals surface area contributed by atoms with Crippen molar-refractivity contribution >= 4 is 58.7 Å². The van der Waals surface area contributed by atoms with E-state index in [0.717, 1.165) is 69.0 Å². The molecule has 8 atom stereocenters. The molecule has 2 fully saturated rings. The molecule has 0 bridgehead atoms. The molecule has 3 aromatic rings. The monoisotopic (exact) mass is 990 g/mol. The lowest BCUT2D eigenvalue weighted by atomic mass is 9.49. The predicted molar refractivity (Wildman–Crippen MR) is 276 cm³/mol. The van der Waals surface area contributed by atoms with Gasteiger partial charge in [-0.2, -0.15) is 0 Å². The Balaban J connectivity index is 0.911. The molecule has 8 amide bonds. The third kappa shape index (κ3) is 11.3. The molecule has 17 heteroatoms. The maximum atomic E-state index is 14.7. The molecule has 3 aromatic carbocycles. The van der Waals surface area contributed by atoms with E-state index < -0.39 is 52.8 Å². The molecular weight excluding hydrogens is 915 g/mol. The van der Waals surface area contributed by atoms with Crippen LogP contribution in [0.2, 0.25) is 0 Å². The highest BCUT2D eigenvalue weighted by Crippen LogP contribution is 2.59. The zero-order chi connectivity index (χ0) is 52.2. The second-order valence-corrected chi connectivity index (χ2v) is 22.1. The fourth-order valence-corrected chi connectivity index (χ4v) is 12.8. The van der Waals surface area contributed by atoms with Gasteiger partial charge in [0.25, 0.3) is 0 Å². The van der Waals surface area contributed by atoms with E-state index in [1.54, 1.807) is 38.1 Å². The number of fused-ring (bicyclic) bond motifs is 6. The average molecular weight is 990 g/mol. The number of aryl methyl sites for hydroxylation is 2. The number of urea groups is 1. The fraction of sp³-hybridized carbons (Fsp3) is 0.545. The quantitative estimate of drug-likeness (QED) is 0.0436. The molecule has 0 spiro atoms. The number of imide groups is 1. The van der Waals surface area contributed by atoms with E-state index in [-0.39, 0.29) is 66.5 Å². The predicted octanol–water partition coefficient (Wildman–Crippen LogP) is 6.35. The lowest BCUT2D eigenvalue weighted by molar-refractivity contribution is -0.150. The first-order valence-electron chi connectivity index (χ1n) is 25.6. The van der Waals surface area contributed by atoms with Crippen LogP contribution in [-0.2, 0) is 59.0 Å². The molecule has 17 nitrogen and oxygen atoms in total. The number of anilines is 3. The van der Waals surface area contributed by atoms with Crippen molar-refractivity contribution in [2.45, 2.75) is 148 Å². The minimum Gasteiger partial charge on any atom is -0.445 e. The summed E-state index contributed by atoms with van der Waals surface area (Å²) in [5, 5.41) is 16.4. The minimum absolute atomic E-state index is 0.0409. The van der Waals surface area contributed by atoms with Crippen molar-refractivity contribution in [3.05, 3.63) is 88.5 Å². The highest BCUT2D eigenvalue weighted by Gasteiger charge is 2.58. The molecule has 0 heterocycles. The summed E-state index contributed by atoms with van der Waals surface area (Å²) in [6.45, 7) is 12.0. The van der Waals surface area contributed by atoms with E-state index in [0.29, 0.717) is 29.8 Å². The molecule has 0 radical (unpaired) electrons. The van der Waals surface area contributed by atoms with Crippen molar-refractivity contribution in [1.82, 2.24) is 21.3 Å². The largest absolute Gasteiger partial charge is 0.445 e. The van der Waals surface area contributed by atoms with E-state index in [2.05, 4.69) is 64.8 Å². The Hall–Kier alpha value is -6.49. The van der Waals surface area contributed by atoms with Crippen molar-refractivity contribution in [3.63, 3.8) is 0 Å². The number of amides is 8. The third-order valence-electron chi connectivity index (χ3n) is 16.9. The Morgan fingerprint density at radius 3 is 1.86 bits per heavy atom. The van der Waals surface area contributed by atoms with Crippen LogP contribution in [0.15, 0.2) is 60.7 Å². The van der Waals surface area contributed by atoms with E-state index in [1.807, 2.05) is 31.2 Å². The van der Waals surface area contributed by atoms with Crippen LogP contribution >= 0.6 is 0 Å². The number of carbonyl (C=O) groups is 7. The minimum atomic E-state index is -0.929. The Kier molecular flexibility index (Phi) is 16.1. The lowest BCUT2D eigenvalue weighted by Crippen LogP contribution is -2.60. The number of nitrogens with two attached hydrogens (primary N) is 3. The van der Waals surface area contributed by atoms with Crippen LogP contribution in [0.3, 0.4) is 0 Å². The van der Waals surface area contributed by atoms with Gasteiger partial charge in [0.2, 0.25) is 29.5 Å². The van der Waals surface area contributed by atoms with E-state index in [4.69, 9.17) is 21.9 Å². The van der Waals surface area contributed by atoms with Gasteiger partial charge in [0, 0.05) is 23.6 Å². The molecule has 12 N–H and O–H groups in total. The molecule has 4 aliphatic rings. The Morgan fingerprint density at radius 1 is 0.708 bits per heavy atom. The van der Waals surface area contributed by atoms with Crippen molar-refractivity contribution in [1.29, 1.82) is 0 Å². The number of alkyl carbamates (subject to hydrolysis) is 1. The van der Waals surface area contributed by atoms with Crippen LogP contribution in [-0.4, -0.2) is 66.8 Å². The van der Waals surface area contributed by atoms with Crippen LogP contribution in [0.4, 0.5) is 26.7 Å². The zero-order valence-electron chi connectivity index (χ0n) is 42.8. The van der Waals surface area contributed by atoms with Gasteiger partial charge in [0.05, 0.1) is 16.9 Å². The van der Waals surface area contributed by atoms with E-state index in [1.165, 1.54) is 16.7 Å². The maximum Gasteiger partial charge on any atom is 0.407 e. The van der Waals surface area contributed by atoms with Gasteiger partial charge >= 0.3 is 12.1 Å². The Morgan fingerprint density at radius 2 is 1.28 bits per heavy atom. The van der Waals surface area contributed by atoms with Gasteiger partial charge in [-0.1, -0.05) is 78.6 Å². The van der Waals surface area contributed by atoms with Gasteiger partial charge < -0.3 is 48.5 Å². The molecule has 7 rings (SSSR count). The first kappa shape index (κ1) is 53.3. The third-order valence-corrected chi connectivity index (χ3v) is 16.9. The van der Waals surface area contributed by atoms with Crippen molar-refractivity contribution < 1.29 is 38.3 Å². The van der Waals surface area contributed by atoms with Crippen LogP contribution in [0.1, 0.15) is 134 Å². The van der Waals surface area contributed by atoms with Gasteiger partial charge in [0.15, 0.2) is 0 Å². The SMILES string of the molecule is CC(C)[C@H](N)C(=O)N[C@@H](CCCNC(N)=O)C(=O)Nc1ccc(COC(=O)NCC(=O)Nc2ccc3c(c2)[C@@]2(C)CCC[C@](C)(C(=O)NC(=O)[C@@]4(C)CCC[C@]5(C)c6cc(N)ccc6CC[C@@H]45)[C@@H]2CC3)cc1. The van der Waals surface area contributed by atoms with Crippen LogP contribution in [0.5, 0.6) is 0 Å². The van der Waals surface area contributed by atoms with Gasteiger partial charge in [-0.25, -0.2) is 9.59 Å². The highest BCUT2D eigenvalue weighted by molar-refractivity contribution is 6.01. The molecule has 388 valence electrons. The smallest absolute Gasteiger partial charge is 0.407 e. The number of hydrogen-bond acceptors (Lipinski definition) is 10. The first-order valence-corrected chi connectivity index (χ1v) is 25.6. The summed E-state index contributed by atoms with van der Waals surface area (Å²) in [6, 6.07) is 16.2. The molecule has 0 aromatic heterocycles. The summed E-state index contributed by atoms with van der Waals surface area (Å²) in [6.07, 6.45) is 8.03. The zero-order valence-corrected chi connectivity index (χ0v) is 42.8. The number of primary amides is 1. The Labute approximate surface area is 423 Å². The summed E-state index contributed by atoms with van der Waals surface area (Å²) in [5.41, 5.74) is 22.5. The summed E-state index contributed by atoms with van der Waals surface area (Å²) >= 11 is 0.